The van der Waals surface area contributed by atoms with Crippen molar-refractivity contribution >= 4 is 0 Å². The van der Waals surface area contributed by atoms with E-state index in [2.05, 4.69) is 29.1 Å². The van der Waals surface area contributed by atoms with E-state index in [-0.39, 0.29) is 6.10 Å². The standard InChI is InChI=1S/C13H23N3O3/c1-15(2)7-11-5-12(17)8-16(11)6-10-4-13(9-18-3)19-14-10/h4,11-12,17H,5-9H2,1-3H3. The van der Waals surface area contributed by atoms with Crippen LogP contribution in [0.25, 0.3) is 0 Å². The predicted octanol–water partition coefficient (Wildman–Crippen LogP) is 0.318. The van der Waals surface area contributed by atoms with E-state index in [1.165, 1.54) is 0 Å². The lowest BCUT2D eigenvalue weighted by Gasteiger charge is -2.25. The van der Waals surface area contributed by atoms with E-state index in [0.29, 0.717) is 25.7 Å². The van der Waals surface area contributed by atoms with E-state index in [1.807, 2.05) is 6.07 Å². The number of β-amino-alcohol motifs (C(OH)–C–C–N with tert-alkyl or cyclic N) is 1. The van der Waals surface area contributed by atoms with Crippen molar-refractivity contribution in [3.8, 4) is 0 Å². The van der Waals surface area contributed by atoms with Gasteiger partial charge in [0.05, 0.1) is 11.8 Å². The molecule has 0 aromatic carbocycles. The minimum Gasteiger partial charge on any atom is -0.392 e. The molecule has 2 rings (SSSR count). The Balaban J connectivity index is 1.95. The molecule has 0 saturated carbocycles. The van der Waals surface area contributed by atoms with Gasteiger partial charge in [-0.25, -0.2) is 0 Å². The molecule has 1 aliphatic rings. The van der Waals surface area contributed by atoms with Crippen LogP contribution in [0.1, 0.15) is 17.9 Å². The van der Waals surface area contributed by atoms with Crippen LogP contribution in [-0.2, 0) is 17.9 Å². The van der Waals surface area contributed by atoms with E-state index in [4.69, 9.17) is 9.26 Å². The number of likely N-dealkylation sites (N-methyl/N-ethyl adjacent to an activating group) is 1. The molecule has 1 fully saturated rings. The molecule has 0 amide bonds. The Morgan fingerprint density at radius 3 is 3.05 bits per heavy atom. The first-order chi connectivity index (χ1) is 9.08. The first-order valence-corrected chi connectivity index (χ1v) is 6.58. The van der Waals surface area contributed by atoms with Gasteiger partial charge in [0.25, 0.3) is 0 Å². The third-order valence-corrected chi connectivity index (χ3v) is 3.34. The highest BCUT2D eigenvalue weighted by molar-refractivity contribution is 5.05. The summed E-state index contributed by atoms with van der Waals surface area (Å²) in [6.45, 7) is 2.80. The molecule has 6 heteroatoms. The first-order valence-electron chi connectivity index (χ1n) is 6.58. The van der Waals surface area contributed by atoms with Crippen molar-refractivity contribution in [3.63, 3.8) is 0 Å². The van der Waals surface area contributed by atoms with Crippen molar-refractivity contribution in [3.05, 3.63) is 17.5 Å². The maximum atomic E-state index is 9.83. The molecule has 2 unspecified atom stereocenters. The van der Waals surface area contributed by atoms with Gasteiger partial charge in [-0.3, -0.25) is 4.90 Å². The molecule has 1 saturated heterocycles. The van der Waals surface area contributed by atoms with Gasteiger partial charge >= 0.3 is 0 Å². The Bertz CT molecular complexity index is 394. The lowest BCUT2D eigenvalue weighted by Crippen LogP contribution is -2.37. The fourth-order valence-corrected chi connectivity index (χ4v) is 2.61. The smallest absolute Gasteiger partial charge is 0.162 e. The summed E-state index contributed by atoms with van der Waals surface area (Å²) >= 11 is 0. The summed E-state index contributed by atoms with van der Waals surface area (Å²) in [5.41, 5.74) is 0.893. The molecule has 2 atom stereocenters. The maximum absolute atomic E-state index is 9.83. The average molecular weight is 269 g/mol. The molecule has 1 aromatic heterocycles. The van der Waals surface area contributed by atoms with Gasteiger partial charge in [0, 0.05) is 38.9 Å². The fourth-order valence-electron chi connectivity index (χ4n) is 2.61. The van der Waals surface area contributed by atoms with Crippen molar-refractivity contribution in [2.75, 3.05) is 34.3 Å². The minimum absolute atomic E-state index is 0.240. The van der Waals surface area contributed by atoms with Crippen molar-refractivity contribution < 1.29 is 14.4 Å². The van der Waals surface area contributed by atoms with E-state index in [1.54, 1.807) is 7.11 Å². The van der Waals surface area contributed by atoms with Crippen molar-refractivity contribution in [2.24, 2.45) is 0 Å². The van der Waals surface area contributed by atoms with Crippen LogP contribution in [0.5, 0.6) is 0 Å². The number of rotatable bonds is 6. The van der Waals surface area contributed by atoms with Crippen LogP contribution in [0, 0.1) is 0 Å². The SMILES string of the molecule is COCc1cc(CN2CC(O)CC2CN(C)C)no1. The van der Waals surface area contributed by atoms with Gasteiger partial charge in [0.2, 0.25) is 0 Å². The number of aliphatic hydroxyl groups excluding tert-OH is 1. The molecule has 1 aromatic rings. The number of methoxy groups -OCH3 is 1. The zero-order valence-electron chi connectivity index (χ0n) is 11.9. The van der Waals surface area contributed by atoms with E-state index in [0.717, 1.165) is 24.4 Å². The molecule has 2 heterocycles. The number of likely N-dealkylation sites (tertiary alicyclic amines) is 1. The van der Waals surface area contributed by atoms with Gasteiger partial charge in [-0.2, -0.15) is 0 Å². The summed E-state index contributed by atoms with van der Waals surface area (Å²) in [6, 6.07) is 2.29. The largest absolute Gasteiger partial charge is 0.392 e. The second-order valence-corrected chi connectivity index (χ2v) is 5.45. The van der Waals surface area contributed by atoms with Gasteiger partial charge in [0.1, 0.15) is 6.61 Å². The second-order valence-electron chi connectivity index (χ2n) is 5.45. The molecule has 0 radical (unpaired) electrons. The monoisotopic (exact) mass is 269 g/mol. The number of aromatic nitrogens is 1. The summed E-state index contributed by atoms with van der Waals surface area (Å²) in [7, 11) is 5.73. The summed E-state index contributed by atoms with van der Waals surface area (Å²) in [5, 5.41) is 13.9. The second kappa shape index (κ2) is 6.47. The van der Waals surface area contributed by atoms with Crippen molar-refractivity contribution in [1.82, 2.24) is 15.0 Å². The van der Waals surface area contributed by atoms with Crippen LogP contribution < -0.4 is 0 Å². The van der Waals surface area contributed by atoms with Crippen LogP contribution in [-0.4, -0.2) is 66.5 Å². The van der Waals surface area contributed by atoms with Gasteiger partial charge in [-0.05, 0) is 20.5 Å². The lowest BCUT2D eigenvalue weighted by atomic mass is 10.2. The summed E-state index contributed by atoms with van der Waals surface area (Å²) in [5.74, 6) is 0.737. The van der Waals surface area contributed by atoms with Crippen LogP contribution in [0.4, 0.5) is 0 Å². The Kier molecular flexibility index (Phi) is 4.93. The third kappa shape index (κ3) is 4.01. The quantitative estimate of drug-likeness (QED) is 0.802. The van der Waals surface area contributed by atoms with Gasteiger partial charge in [0.15, 0.2) is 5.76 Å². The van der Waals surface area contributed by atoms with Crippen LogP contribution >= 0.6 is 0 Å². The molecule has 0 spiro atoms. The molecule has 1 N–H and O–H groups in total. The Morgan fingerprint density at radius 2 is 2.37 bits per heavy atom. The molecule has 0 aliphatic carbocycles. The highest BCUT2D eigenvalue weighted by Gasteiger charge is 2.31. The zero-order valence-corrected chi connectivity index (χ0v) is 11.9. The van der Waals surface area contributed by atoms with E-state index < -0.39 is 0 Å². The van der Waals surface area contributed by atoms with E-state index >= 15 is 0 Å². The minimum atomic E-state index is -0.240. The van der Waals surface area contributed by atoms with Crippen molar-refractivity contribution in [2.45, 2.75) is 31.7 Å². The van der Waals surface area contributed by atoms with Gasteiger partial charge < -0.3 is 19.3 Å². The number of ether oxygens (including phenoxy) is 1. The first kappa shape index (κ1) is 14.5. The van der Waals surface area contributed by atoms with Crippen molar-refractivity contribution in [1.29, 1.82) is 0 Å². The zero-order chi connectivity index (χ0) is 13.8. The van der Waals surface area contributed by atoms with Gasteiger partial charge in [-0.15, -0.1) is 0 Å². The fraction of sp³-hybridized carbons (Fsp3) is 0.769. The van der Waals surface area contributed by atoms with E-state index in [9.17, 15) is 5.11 Å². The Labute approximate surface area is 113 Å². The summed E-state index contributed by atoms with van der Waals surface area (Å²) in [4.78, 5) is 4.41. The molecular weight excluding hydrogens is 246 g/mol. The van der Waals surface area contributed by atoms with Crippen LogP contribution in [0.2, 0.25) is 0 Å². The summed E-state index contributed by atoms with van der Waals surface area (Å²) < 4.78 is 10.2. The maximum Gasteiger partial charge on any atom is 0.162 e. The molecule has 0 bridgehead atoms. The molecule has 108 valence electrons. The normalized spacial score (nSPS) is 24.5. The van der Waals surface area contributed by atoms with Gasteiger partial charge in [-0.1, -0.05) is 5.16 Å². The summed E-state index contributed by atoms with van der Waals surface area (Å²) in [6.07, 6.45) is 0.580. The third-order valence-electron chi connectivity index (χ3n) is 3.34. The topological polar surface area (TPSA) is 62.0 Å². The average Bonchev–Trinajstić information content (AvgIpc) is 2.87. The molecule has 1 aliphatic heterocycles. The van der Waals surface area contributed by atoms with Crippen LogP contribution in [0.15, 0.2) is 10.6 Å². The van der Waals surface area contributed by atoms with Crippen LogP contribution in [0.3, 0.4) is 0 Å². The predicted molar refractivity (Wildman–Crippen MR) is 70.6 cm³/mol. The lowest BCUT2D eigenvalue weighted by molar-refractivity contribution is 0.154. The number of hydrogen-bond acceptors (Lipinski definition) is 6. The highest BCUT2D eigenvalue weighted by atomic mass is 16.5. The molecular formula is C13H23N3O3. The molecule has 6 nitrogen and oxygen atoms in total. The number of aliphatic hydroxyl groups is 1. The Hall–Kier alpha value is -0.950. The number of hydrogen-bond donors (Lipinski definition) is 1. The Morgan fingerprint density at radius 1 is 1.58 bits per heavy atom. The highest BCUT2D eigenvalue weighted by Crippen LogP contribution is 2.21. The molecule has 19 heavy (non-hydrogen) atoms. The number of nitrogens with zero attached hydrogens (tertiary/aromatic N) is 3.